The molecule has 2 aliphatic rings. The fourth-order valence-electron chi connectivity index (χ4n) is 6.61. The van der Waals surface area contributed by atoms with E-state index >= 15 is 4.39 Å². The van der Waals surface area contributed by atoms with E-state index in [4.69, 9.17) is 15.2 Å². The van der Waals surface area contributed by atoms with Gasteiger partial charge in [0, 0.05) is 11.6 Å². The van der Waals surface area contributed by atoms with Gasteiger partial charge in [-0.2, -0.15) is 0 Å². The van der Waals surface area contributed by atoms with Gasteiger partial charge in [0.05, 0.1) is 11.6 Å². The van der Waals surface area contributed by atoms with E-state index in [0.29, 0.717) is 0 Å². The van der Waals surface area contributed by atoms with E-state index < -0.39 is 71.5 Å². The Morgan fingerprint density at radius 3 is 1.89 bits per heavy atom. The van der Waals surface area contributed by atoms with Crippen molar-refractivity contribution in [2.75, 3.05) is 5.32 Å². The molecular weight excluding hydrogens is 612 g/mol. The third-order valence-electron chi connectivity index (χ3n) is 8.66. The van der Waals surface area contributed by atoms with Gasteiger partial charge in [0.1, 0.15) is 23.2 Å². The average Bonchev–Trinajstić information content (AvgIpc) is 2.97. The van der Waals surface area contributed by atoms with Crippen LogP contribution in [0.4, 0.5) is 32.8 Å². The zero-order chi connectivity index (χ0) is 34.2. The Kier molecular flexibility index (Phi) is 13.1. The molecule has 4 amide bonds. The normalized spacial score (nSPS) is 18.4. The van der Waals surface area contributed by atoms with Crippen LogP contribution >= 0.6 is 0 Å². The van der Waals surface area contributed by atoms with Crippen LogP contribution in [0, 0.1) is 23.6 Å². The van der Waals surface area contributed by atoms with E-state index in [9.17, 15) is 32.3 Å². The van der Waals surface area contributed by atoms with Gasteiger partial charge < -0.3 is 31.2 Å². The second kappa shape index (κ2) is 16.3. The van der Waals surface area contributed by atoms with Crippen molar-refractivity contribution in [3.63, 3.8) is 0 Å². The molecule has 0 saturated heterocycles. The monoisotopic (exact) mass is 658 g/mol. The molecule has 10 nitrogen and oxygen atoms in total. The van der Waals surface area contributed by atoms with Gasteiger partial charge in [0.2, 0.25) is 18.1 Å². The number of ether oxygens (including phenoxy) is 2. The third kappa shape index (κ3) is 10.5. The van der Waals surface area contributed by atoms with Crippen LogP contribution in [0.3, 0.4) is 0 Å². The van der Waals surface area contributed by atoms with Gasteiger partial charge in [-0.05, 0) is 51.5 Å². The number of hydrogen-bond donors (Lipinski definition) is 4. The van der Waals surface area contributed by atoms with E-state index in [1.807, 2.05) is 0 Å². The van der Waals surface area contributed by atoms with Crippen LogP contribution in [-0.4, -0.2) is 48.4 Å². The quantitative estimate of drug-likeness (QED) is 0.154. The topological polar surface area (TPSA) is 149 Å². The molecule has 1 aromatic rings. The number of alkyl carbamates (subject to hydrolysis) is 1. The largest absolute Gasteiger partial charge is 0.444 e. The molecule has 2 saturated carbocycles. The molecule has 3 unspecified atom stereocenters. The predicted octanol–water partition coefficient (Wildman–Crippen LogP) is 6.67. The van der Waals surface area contributed by atoms with E-state index in [2.05, 4.69) is 10.6 Å². The second-order valence-corrected chi connectivity index (χ2v) is 13.2. The molecule has 0 heterocycles. The first-order valence-corrected chi connectivity index (χ1v) is 15.9. The fraction of sp³-hybridized carbons (Fsp3) is 0.688. The van der Waals surface area contributed by atoms with Gasteiger partial charge in [-0.1, -0.05) is 64.2 Å². The highest BCUT2D eigenvalue weighted by Gasteiger charge is 2.42. The first kappa shape index (κ1) is 36.9. The Morgan fingerprint density at radius 2 is 1.41 bits per heavy atom. The summed E-state index contributed by atoms with van der Waals surface area (Å²) < 4.78 is 64.9. The van der Waals surface area contributed by atoms with Gasteiger partial charge in [0.25, 0.3) is 6.43 Å². The molecular formula is C32H46F4N4O6. The summed E-state index contributed by atoms with van der Waals surface area (Å²) in [5.41, 5.74) is 3.57. The van der Waals surface area contributed by atoms with Gasteiger partial charge in [-0.25, -0.2) is 27.2 Å². The van der Waals surface area contributed by atoms with Crippen LogP contribution in [0.2, 0.25) is 0 Å². The summed E-state index contributed by atoms with van der Waals surface area (Å²) in [7, 11) is 0. The predicted molar refractivity (Wildman–Crippen MR) is 162 cm³/mol. The summed E-state index contributed by atoms with van der Waals surface area (Å²) in [5.74, 6) is -4.92. The second-order valence-electron chi connectivity index (χ2n) is 13.2. The standard InChI is InChI=1S/C32H46F4N4O6/c1-17(28(41)40-27(36)26(34)35)20-15-21(33)22(16-23(20)45-30(37)43)38-29(42)25(39-31(44)46-32(2,3)4)24(18-11-7-5-8-12-18)19-13-9-6-10-14-19/h15-19,24-27H,5-14H2,1-4H3,(H2,37,43)(H,38,42)(H,39,44)(H,40,41). The van der Waals surface area contributed by atoms with Crippen molar-refractivity contribution in [3.8, 4) is 5.75 Å². The van der Waals surface area contributed by atoms with Gasteiger partial charge in [-0.15, -0.1) is 0 Å². The number of carbonyl (C=O) groups is 4. The van der Waals surface area contributed by atoms with Crippen molar-refractivity contribution in [3.05, 3.63) is 23.5 Å². The van der Waals surface area contributed by atoms with Crippen LogP contribution < -0.4 is 26.4 Å². The van der Waals surface area contributed by atoms with Crippen molar-refractivity contribution >= 4 is 29.7 Å². The maximum Gasteiger partial charge on any atom is 0.409 e. The Morgan fingerprint density at radius 1 is 0.870 bits per heavy atom. The number of carbonyl (C=O) groups excluding carboxylic acids is 4. The van der Waals surface area contributed by atoms with Gasteiger partial charge in [0.15, 0.2) is 0 Å². The highest BCUT2D eigenvalue weighted by atomic mass is 19.3. The van der Waals surface area contributed by atoms with Crippen molar-refractivity contribution in [1.29, 1.82) is 0 Å². The molecule has 3 atom stereocenters. The Hall–Kier alpha value is -3.58. The average molecular weight is 659 g/mol. The summed E-state index contributed by atoms with van der Waals surface area (Å²) in [4.78, 5) is 51.3. The molecule has 46 heavy (non-hydrogen) atoms. The molecule has 2 aliphatic carbocycles. The minimum Gasteiger partial charge on any atom is -0.444 e. The van der Waals surface area contributed by atoms with Crippen molar-refractivity contribution in [2.45, 2.75) is 122 Å². The number of alkyl halides is 3. The van der Waals surface area contributed by atoms with Crippen LogP contribution in [0.25, 0.3) is 0 Å². The smallest absolute Gasteiger partial charge is 0.409 e. The third-order valence-corrected chi connectivity index (χ3v) is 8.66. The molecule has 14 heteroatoms. The highest BCUT2D eigenvalue weighted by Crippen LogP contribution is 2.42. The summed E-state index contributed by atoms with van der Waals surface area (Å²) in [6.07, 6.45) is 1.03. The summed E-state index contributed by atoms with van der Waals surface area (Å²) in [6.45, 7) is 6.25. The number of nitrogens with two attached hydrogens (primary N) is 1. The first-order valence-electron chi connectivity index (χ1n) is 15.9. The Bertz CT molecular complexity index is 1210. The summed E-state index contributed by atoms with van der Waals surface area (Å²) >= 11 is 0. The fourth-order valence-corrected chi connectivity index (χ4v) is 6.61. The highest BCUT2D eigenvalue weighted by molar-refractivity contribution is 5.97. The van der Waals surface area contributed by atoms with Crippen molar-refractivity contribution < 1.29 is 46.2 Å². The lowest BCUT2D eigenvalue weighted by Gasteiger charge is -2.42. The minimum atomic E-state index is -3.50. The maximum absolute atomic E-state index is 15.6. The lowest BCUT2D eigenvalue weighted by molar-refractivity contribution is -0.126. The molecule has 0 bridgehead atoms. The number of anilines is 1. The van der Waals surface area contributed by atoms with Crippen molar-refractivity contribution in [1.82, 2.24) is 10.6 Å². The van der Waals surface area contributed by atoms with Crippen LogP contribution in [0.5, 0.6) is 5.75 Å². The summed E-state index contributed by atoms with van der Waals surface area (Å²) in [6, 6.07) is 0.600. The Balaban J connectivity index is 1.99. The van der Waals surface area contributed by atoms with Crippen LogP contribution in [-0.2, 0) is 14.3 Å². The Labute approximate surface area is 266 Å². The first-order chi connectivity index (χ1) is 21.6. The molecule has 0 aliphatic heterocycles. The van der Waals surface area contributed by atoms with E-state index in [1.54, 1.807) is 20.8 Å². The van der Waals surface area contributed by atoms with Gasteiger partial charge in [-0.3, -0.25) is 9.59 Å². The number of nitrogens with one attached hydrogen (secondary N) is 3. The molecule has 0 radical (unpaired) electrons. The molecule has 2 fully saturated rings. The molecule has 0 spiro atoms. The zero-order valence-corrected chi connectivity index (χ0v) is 26.8. The van der Waals surface area contributed by atoms with E-state index in [1.165, 1.54) is 5.32 Å². The maximum atomic E-state index is 15.6. The SMILES string of the molecule is CC(C(=O)NC(F)C(F)F)c1cc(F)c(NC(=O)C(NC(=O)OC(C)(C)C)C(C2CCCCC2)C2CCCCC2)cc1OC(N)=O. The number of primary amides is 1. The molecule has 3 rings (SSSR count). The molecule has 0 aromatic heterocycles. The lowest BCUT2D eigenvalue weighted by Crippen LogP contribution is -2.54. The number of amides is 4. The van der Waals surface area contributed by atoms with Crippen molar-refractivity contribution in [2.24, 2.45) is 23.5 Å². The molecule has 258 valence electrons. The van der Waals surface area contributed by atoms with E-state index in [0.717, 1.165) is 83.3 Å². The minimum absolute atomic E-state index is 0.135. The van der Waals surface area contributed by atoms with Crippen LogP contribution in [0.15, 0.2) is 12.1 Å². The summed E-state index contributed by atoms with van der Waals surface area (Å²) in [5, 5.41) is 6.77. The van der Waals surface area contributed by atoms with Gasteiger partial charge >= 0.3 is 12.2 Å². The number of rotatable bonds is 11. The lowest BCUT2D eigenvalue weighted by atomic mass is 9.66. The number of halogens is 4. The molecule has 1 aromatic carbocycles. The van der Waals surface area contributed by atoms with E-state index in [-0.39, 0.29) is 23.3 Å². The zero-order valence-electron chi connectivity index (χ0n) is 26.8. The van der Waals surface area contributed by atoms with Crippen LogP contribution in [0.1, 0.15) is 103 Å². The molecule has 5 N–H and O–H groups in total. The number of benzene rings is 1. The number of hydrogen-bond acceptors (Lipinski definition) is 6.